The maximum absolute atomic E-state index is 11.7. The zero-order valence-corrected chi connectivity index (χ0v) is 9.65. The van der Waals surface area contributed by atoms with Crippen molar-refractivity contribution in [2.75, 3.05) is 0 Å². The number of nitro groups is 1. The molecule has 1 heterocycles. The second-order valence-corrected chi connectivity index (χ2v) is 3.53. The lowest BCUT2D eigenvalue weighted by molar-refractivity contribution is -0.385. The predicted octanol–water partition coefficient (Wildman–Crippen LogP) is 1.95. The largest absolute Gasteiger partial charge is 0.472 e. The molecule has 2 rings (SSSR count). The molecule has 0 aliphatic carbocycles. The van der Waals surface area contributed by atoms with Gasteiger partial charge in [0, 0.05) is 11.6 Å². The molecule has 96 valence electrons. The van der Waals surface area contributed by atoms with Crippen molar-refractivity contribution in [2.24, 2.45) is 5.10 Å². The van der Waals surface area contributed by atoms with E-state index in [0.717, 1.165) is 0 Å². The van der Waals surface area contributed by atoms with Crippen LogP contribution >= 0.6 is 0 Å². The number of amides is 1. The van der Waals surface area contributed by atoms with Gasteiger partial charge >= 0.3 is 0 Å². The number of carbonyl (C=O) groups excluding carboxylic acids is 1. The van der Waals surface area contributed by atoms with Crippen molar-refractivity contribution in [1.82, 2.24) is 5.43 Å². The molecule has 1 aromatic carbocycles. The van der Waals surface area contributed by atoms with Crippen LogP contribution in [0.3, 0.4) is 0 Å². The highest BCUT2D eigenvalue weighted by molar-refractivity contribution is 5.98. The summed E-state index contributed by atoms with van der Waals surface area (Å²) in [5.41, 5.74) is 2.58. The number of nitro benzene ring substituents is 1. The Balaban J connectivity index is 2.10. The van der Waals surface area contributed by atoms with Crippen LogP contribution in [0.4, 0.5) is 5.69 Å². The number of hydrazone groups is 1. The summed E-state index contributed by atoms with van der Waals surface area (Å²) < 4.78 is 4.81. The van der Waals surface area contributed by atoms with E-state index >= 15 is 0 Å². The third-order valence-corrected chi connectivity index (χ3v) is 2.27. The van der Waals surface area contributed by atoms with Crippen molar-refractivity contribution in [3.05, 3.63) is 64.1 Å². The molecule has 1 amide bonds. The van der Waals surface area contributed by atoms with E-state index in [1.165, 1.54) is 36.9 Å². The predicted molar refractivity (Wildman–Crippen MR) is 66.9 cm³/mol. The fourth-order valence-electron chi connectivity index (χ4n) is 1.40. The van der Waals surface area contributed by atoms with E-state index in [1.54, 1.807) is 12.1 Å². The molecular weight excluding hydrogens is 250 g/mol. The first-order chi connectivity index (χ1) is 9.18. The van der Waals surface area contributed by atoms with Gasteiger partial charge in [0.1, 0.15) is 5.56 Å². The van der Waals surface area contributed by atoms with Crippen molar-refractivity contribution in [3.63, 3.8) is 0 Å². The first kappa shape index (κ1) is 12.5. The summed E-state index contributed by atoms with van der Waals surface area (Å²) in [7, 11) is 0. The Kier molecular flexibility index (Phi) is 3.67. The van der Waals surface area contributed by atoms with Crippen LogP contribution in [0, 0.1) is 10.1 Å². The molecule has 0 saturated carbocycles. The normalized spacial score (nSPS) is 10.5. The van der Waals surface area contributed by atoms with Crippen molar-refractivity contribution < 1.29 is 14.1 Å². The van der Waals surface area contributed by atoms with Crippen molar-refractivity contribution in [2.45, 2.75) is 0 Å². The third kappa shape index (κ3) is 3.03. The number of hydrogen-bond acceptors (Lipinski definition) is 5. The number of para-hydroxylation sites is 1. The second kappa shape index (κ2) is 5.58. The van der Waals surface area contributed by atoms with E-state index in [9.17, 15) is 14.9 Å². The number of hydrogen-bond donors (Lipinski definition) is 1. The van der Waals surface area contributed by atoms with Crippen LogP contribution in [0.2, 0.25) is 0 Å². The Morgan fingerprint density at radius 1 is 1.37 bits per heavy atom. The number of benzene rings is 1. The molecule has 7 heteroatoms. The minimum absolute atomic E-state index is 0.0446. The molecule has 0 atom stereocenters. The zero-order valence-electron chi connectivity index (χ0n) is 9.65. The van der Waals surface area contributed by atoms with Crippen LogP contribution in [-0.2, 0) is 0 Å². The molecular formula is C12H9N3O4. The fourth-order valence-corrected chi connectivity index (χ4v) is 1.40. The van der Waals surface area contributed by atoms with Crippen LogP contribution in [-0.4, -0.2) is 17.0 Å². The summed E-state index contributed by atoms with van der Waals surface area (Å²) in [6.07, 6.45) is 4.28. The molecule has 7 nitrogen and oxygen atoms in total. The van der Waals surface area contributed by atoms with E-state index in [1.807, 2.05) is 0 Å². The van der Waals surface area contributed by atoms with Crippen LogP contribution in [0.25, 0.3) is 0 Å². The van der Waals surface area contributed by atoms with Gasteiger partial charge in [0.2, 0.25) is 0 Å². The topological polar surface area (TPSA) is 97.7 Å². The highest BCUT2D eigenvalue weighted by atomic mass is 16.6. The quantitative estimate of drug-likeness (QED) is 0.515. The zero-order chi connectivity index (χ0) is 13.7. The Hall–Kier alpha value is -2.96. The molecule has 0 aliphatic rings. The molecule has 0 fully saturated rings. The molecule has 0 unspecified atom stereocenters. The number of nitrogens with zero attached hydrogens (tertiary/aromatic N) is 2. The smallest absolute Gasteiger partial charge is 0.282 e. The van der Waals surface area contributed by atoms with Crippen LogP contribution in [0.1, 0.15) is 15.9 Å². The van der Waals surface area contributed by atoms with Gasteiger partial charge in [0.05, 0.1) is 23.7 Å². The highest BCUT2D eigenvalue weighted by Gasteiger charge is 2.18. The lowest BCUT2D eigenvalue weighted by atomic mass is 10.2. The number of nitrogens with one attached hydrogen (secondary N) is 1. The third-order valence-electron chi connectivity index (χ3n) is 2.27. The van der Waals surface area contributed by atoms with Gasteiger partial charge in [0.25, 0.3) is 11.6 Å². The van der Waals surface area contributed by atoms with Gasteiger partial charge in [-0.2, -0.15) is 5.10 Å². The molecule has 1 N–H and O–H groups in total. The number of carbonyl (C=O) groups is 1. The Morgan fingerprint density at radius 2 is 2.16 bits per heavy atom. The molecule has 0 spiro atoms. The summed E-state index contributed by atoms with van der Waals surface area (Å²) in [4.78, 5) is 21.9. The van der Waals surface area contributed by atoms with Gasteiger partial charge in [-0.15, -0.1) is 0 Å². The first-order valence-corrected chi connectivity index (χ1v) is 5.27. The minimum atomic E-state index is -0.646. The number of furan rings is 1. The maximum atomic E-state index is 11.7. The molecule has 2 aromatic rings. The fraction of sp³-hybridized carbons (Fsp3) is 0. The molecule has 0 bridgehead atoms. The van der Waals surface area contributed by atoms with Gasteiger partial charge < -0.3 is 4.42 Å². The average molecular weight is 259 g/mol. The molecule has 1 aromatic heterocycles. The molecule has 0 aliphatic heterocycles. The maximum Gasteiger partial charge on any atom is 0.282 e. The van der Waals surface area contributed by atoms with E-state index in [4.69, 9.17) is 4.42 Å². The van der Waals surface area contributed by atoms with Gasteiger partial charge in [0.15, 0.2) is 0 Å². The van der Waals surface area contributed by atoms with E-state index in [0.29, 0.717) is 5.56 Å². The Labute approximate surface area is 107 Å². The van der Waals surface area contributed by atoms with E-state index in [-0.39, 0.29) is 11.3 Å². The minimum Gasteiger partial charge on any atom is -0.472 e. The lowest BCUT2D eigenvalue weighted by Crippen LogP contribution is -2.18. The van der Waals surface area contributed by atoms with Gasteiger partial charge in [-0.1, -0.05) is 12.1 Å². The lowest BCUT2D eigenvalue weighted by Gasteiger charge is -2.00. The van der Waals surface area contributed by atoms with Gasteiger partial charge in [-0.3, -0.25) is 14.9 Å². The van der Waals surface area contributed by atoms with Crippen molar-refractivity contribution in [3.8, 4) is 0 Å². The van der Waals surface area contributed by atoms with Gasteiger partial charge in [-0.25, -0.2) is 5.43 Å². The van der Waals surface area contributed by atoms with Crippen LogP contribution < -0.4 is 5.43 Å². The molecule has 0 saturated heterocycles. The Bertz CT molecular complexity index is 620. The summed E-state index contributed by atoms with van der Waals surface area (Å²) in [5.74, 6) is -0.646. The van der Waals surface area contributed by atoms with Crippen LogP contribution in [0.5, 0.6) is 0 Å². The van der Waals surface area contributed by atoms with E-state index in [2.05, 4.69) is 10.5 Å². The average Bonchev–Trinajstić information content (AvgIpc) is 2.91. The second-order valence-electron chi connectivity index (χ2n) is 3.53. The number of rotatable bonds is 4. The van der Waals surface area contributed by atoms with Crippen LogP contribution in [0.15, 0.2) is 52.4 Å². The summed E-state index contributed by atoms with van der Waals surface area (Å²) >= 11 is 0. The van der Waals surface area contributed by atoms with Crippen molar-refractivity contribution >= 4 is 17.8 Å². The summed E-state index contributed by atoms with van der Waals surface area (Å²) in [6, 6.07) is 7.31. The highest BCUT2D eigenvalue weighted by Crippen LogP contribution is 2.17. The summed E-state index contributed by atoms with van der Waals surface area (Å²) in [5, 5.41) is 14.4. The monoisotopic (exact) mass is 259 g/mol. The standard InChI is InChI=1S/C12H9N3O4/c16-12(14-13-7-9-5-6-19-8-9)10-3-1-2-4-11(10)15(17)18/h1-8H,(H,14,16). The van der Waals surface area contributed by atoms with E-state index < -0.39 is 10.8 Å². The van der Waals surface area contributed by atoms with Gasteiger partial charge in [-0.05, 0) is 12.1 Å². The SMILES string of the molecule is O=C(NN=Cc1ccoc1)c1ccccc1[N+](=O)[O-]. The van der Waals surface area contributed by atoms with Crippen molar-refractivity contribution in [1.29, 1.82) is 0 Å². The Morgan fingerprint density at radius 3 is 2.84 bits per heavy atom. The summed E-state index contributed by atoms with van der Waals surface area (Å²) in [6.45, 7) is 0. The molecule has 19 heavy (non-hydrogen) atoms. The first-order valence-electron chi connectivity index (χ1n) is 5.27. The molecule has 0 radical (unpaired) electrons.